The Balaban J connectivity index is 2.74. The van der Waals surface area contributed by atoms with Crippen LogP contribution in [-0.2, 0) is 7.05 Å². The van der Waals surface area contributed by atoms with Crippen LogP contribution in [0.2, 0.25) is 0 Å². The van der Waals surface area contributed by atoms with E-state index in [4.69, 9.17) is 0 Å². The summed E-state index contributed by atoms with van der Waals surface area (Å²) in [4.78, 5) is 0. The highest BCUT2D eigenvalue weighted by Gasteiger charge is 2.00. The van der Waals surface area contributed by atoms with Crippen LogP contribution >= 0.6 is 0 Å². The molecular formula is C11H12N2. The summed E-state index contributed by atoms with van der Waals surface area (Å²) in [6, 6.07) is 6.16. The predicted octanol–water partition coefficient (Wildman–Crippen LogP) is 2.61. The molecule has 0 atom stereocenters. The average Bonchev–Trinajstić information content (AvgIpc) is 2.47. The number of aryl methyl sites for hydroxylation is 1. The highest BCUT2D eigenvalue weighted by molar-refractivity contribution is 5.87. The predicted molar refractivity (Wildman–Crippen MR) is 55.4 cm³/mol. The van der Waals surface area contributed by atoms with Gasteiger partial charge in [-0.1, -0.05) is 24.3 Å². The second-order valence-electron chi connectivity index (χ2n) is 3.08. The van der Waals surface area contributed by atoms with Gasteiger partial charge in [0.25, 0.3) is 0 Å². The first-order valence-corrected chi connectivity index (χ1v) is 4.36. The summed E-state index contributed by atoms with van der Waals surface area (Å²) in [6.45, 7) is 2.02. The molecule has 0 fully saturated rings. The maximum absolute atomic E-state index is 4.34. The van der Waals surface area contributed by atoms with Crippen molar-refractivity contribution in [3.8, 4) is 0 Å². The molecule has 1 heterocycles. The first-order valence-electron chi connectivity index (χ1n) is 4.36. The van der Waals surface area contributed by atoms with E-state index in [0.717, 1.165) is 5.52 Å². The Morgan fingerprint density at radius 3 is 3.00 bits per heavy atom. The Morgan fingerprint density at radius 1 is 1.38 bits per heavy atom. The number of benzene rings is 1. The van der Waals surface area contributed by atoms with Crippen LogP contribution in [0, 0.1) is 0 Å². The van der Waals surface area contributed by atoms with Crippen LogP contribution in [0.3, 0.4) is 0 Å². The maximum Gasteiger partial charge on any atom is 0.0929 e. The minimum absolute atomic E-state index is 1.05. The molecule has 0 aliphatic rings. The molecule has 1 aromatic carbocycles. The van der Waals surface area contributed by atoms with Crippen LogP contribution < -0.4 is 0 Å². The van der Waals surface area contributed by atoms with E-state index in [2.05, 4.69) is 17.2 Å². The molecule has 0 unspecified atom stereocenters. The Hall–Kier alpha value is -1.57. The van der Waals surface area contributed by atoms with Gasteiger partial charge >= 0.3 is 0 Å². The topological polar surface area (TPSA) is 17.8 Å². The molecule has 0 amide bonds. The van der Waals surface area contributed by atoms with E-state index < -0.39 is 0 Å². The normalized spacial score (nSPS) is 11.5. The molecule has 2 rings (SSSR count). The van der Waals surface area contributed by atoms with Crippen LogP contribution in [0.15, 0.2) is 30.5 Å². The minimum Gasteiger partial charge on any atom is -0.275 e. The zero-order valence-corrected chi connectivity index (χ0v) is 7.86. The van der Waals surface area contributed by atoms with Gasteiger partial charge in [-0.15, -0.1) is 0 Å². The molecular weight excluding hydrogens is 160 g/mol. The molecule has 0 spiro atoms. The number of nitrogens with zero attached hydrogens (tertiary/aromatic N) is 2. The van der Waals surface area contributed by atoms with Gasteiger partial charge in [0.15, 0.2) is 0 Å². The molecule has 13 heavy (non-hydrogen) atoms. The van der Waals surface area contributed by atoms with Crippen molar-refractivity contribution in [1.82, 2.24) is 9.78 Å². The molecule has 2 aromatic rings. The number of fused-ring (bicyclic) bond motifs is 1. The monoisotopic (exact) mass is 172 g/mol. The third-order valence-corrected chi connectivity index (χ3v) is 2.04. The summed E-state index contributed by atoms with van der Waals surface area (Å²) >= 11 is 0. The first-order chi connectivity index (χ1) is 6.31. The second-order valence-corrected chi connectivity index (χ2v) is 3.08. The fourth-order valence-corrected chi connectivity index (χ4v) is 1.51. The van der Waals surface area contributed by atoms with Gasteiger partial charge in [0, 0.05) is 18.6 Å². The van der Waals surface area contributed by atoms with Gasteiger partial charge < -0.3 is 0 Å². The van der Waals surface area contributed by atoms with Crippen LogP contribution in [0.5, 0.6) is 0 Å². The molecule has 2 heteroatoms. The molecule has 0 aliphatic heterocycles. The lowest BCUT2D eigenvalue weighted by Gasteiger charge is -1.92. The third-order valence-electron chi connectivity index (χ3n) is 2.04. The van der Waals surface area contributed by atoms with Crippen molar-refractivity contribution in [2.45, 2.75) is 6.92 Å². The van der Waals surface area contributed by atoms with Gasteiger partial charge in [-0.2, -0.15) is 5.10 Å². The molecule has 0 radical (unpaired) electrons. The summed E-state index contributed by atoms with van der Waals surface area (Å²) in [5, 5.41) is 5.55. The van der Waals surface area contributed by atoms with E-state index in [1.54, 1.807) is 0 Å². The standard InChI is InChI=1S/C11H12N2/c1-3-5-9-6-4-7-11-10(9)8-13(2)12-11/h3-8H,1-2H3/b5-3+. The van der Waals surface area contributed by atoms with Crippen molar-refractivity contribution in [1.29, 1.82) is 0 Å². The third kappa shape index (κ3) is 1.35. The molecule has 2 nitrogen and oxygen atoms in total. The Bertz CT molecular complexity index is 452. The van der Waals surface area contributed by atoms with Crippen molar-refractivity contribution in [3.05, 3.63) is 36.0 Å². The fraction of sp³-hybridized carbons (Fsp3) is 0.182. The van der Waals surface area contributed by atoms with Crippen molar-refractivity contribution in [3.63, 3.8) is 0 Å². The zero-order chi connectivity index (χ0) is 9.26. The van der Waals surface area contributed by atoms with Crippen LogP contribution in [0.25, 0.3) is 17.0 Å². The maximum atomic E-state index is 4.34. The van der Waals surface area contributed by atoms with Crippen LogP contribution in [0.4, 0.5) is 0 Å². The Morgan fingerprint density at radius 2 is 2.23 bits per heavy atom. The Labute approximate surface area is 77.5 Å². The van der Waals surface area contributed by atoms with Gasteiger partial charge in [-0.3, -0.25) is 4.68 Å². The van der Waals surface area contributed by atoms with E-state index in [-0.39, 0.29) is 0 Å². The second kappa shape index (κ2) is 3.05. The van der Waals surface area contributed by atoms with E-state index >= 15 is 0 Å². The van der Waals surface area contributed by atoms with E-state index in [9.17, 15) is 0 Å². The lowest BCUT2D eigenvalue weighted by atomic mass is 10.1. The van der Waals surface area contributed by atoms with Crippen molar-refractivity contribution in [2.24, 2.45) is 7.05 Å². The molecule has 1 aromatic heterocycles. The SMILES string of the molecule is C/C=C/c1cccc2nn(C)cc12. The molecule has 0 saturated heterocycles. The highest BCUT2D eigenvalue weighted by atomic mass is 15.2. The van der Waals surface area contributed by atoms with Crippen LogP contribution in [0.1, 0.15) is 12.5 Å². The average molecular weight is 172 g/mol. The molecule has 0 N–H and O–H groups in total. The van der Waals surface area contributed by atoms with Gasteiger partial charge in [0.1, 0.15) is 0 Å². The van der Waals surface area contributed by atoms with Gasteiger partial charge in [-0.05, 0) is 18.6 Å². The largest absolute Gasteiger partial charge is 0.275 e. The van der Waals surface area contributed by atoms with Gasteiger partial charge in [-0.25, -0.2) is 0 Å². The Kier molecular flexibility index (Phi) is 1.89. The van der Waals surface area contributed by atoms with E-state index in [1.165, 1.54) is 10.9 Å². The zero-order valence-electron chi connectivity index (χ0n) is 7.86. The fourth-order valence-electron chi connectivity index (χ4n) is 1.51. The number of allylic oxidation sites excluding steroid dienone is 1. The van der Waals surface area contributed by atoms with E-state index in [0.29, 0.717) is 0 Å². The first kappa shape index (κ1) is 8.05. The van der Waals surface area contributed by atoms with Crippen LogP contribution in [-0.4, -0.2) is 9.78 Å². The minimum atomic E-state index is 1.05. The lowest BCUT2D eigenvalue weighted by molar-refractivity contribution is 0.780. The molecule has 0 aliphatic carbocycles. The summed E-state index contributed by atoms with van der Waals surface area (Å²) < 4.78 is 1.84. The van der Waals surface area contributed by atoms with Crippen molar-refractivity contribution < 1.29 is 0 Å². The molecule has 0 saturated carbocycles. The summed E-state index contributed by atoms with van der Waals surface area (Å²) in [5.74, 6) is 0. The smallest absolute Gasteiger partial charge is 0.0929 e. The summed E-state index contributed by atoms with van der Waals surface area (Å²) in [7, 11) is 1.94. The lowest BCUT2D eigenvalue weighted by Crippen LogP contribution is -1.84. The quantitative estimate of drug-likeness (QED) is 0.646. The number of hydrogen-bond donors (Lipinski definition) is 0. The van der Waals surface area contributed by atoms with Crippen molar-refractivity contribution >= 4 is 17.0 Å². The van der Waals surface area contributed by atoms with E-state index in [1.807, 2.05) is 43.1 Å². The van der Waals surface area contributed by atoms with Crippen molar-refractivity contribution in [2.75, 3.05) is 0 Å². The van der Waals surface area contributed by atoms with Gasteiger partial charge in [0.05, 0.1) is 5.52 Å². The number of hydrogen-bond acceptors (Lipinski definition) is 1. The summed E-state index contributed by atoms with van der Waals surface area (Å²) in [5.41, 5.74) is 2.28. The number of rotatable bonds is 1. The molecule has 66 valence electrons. The molecule has 0 bridgehead atoms. The highest BCUT2D eigenvalue weighted by Crippen LogP contribution is 2.17. The number of aromatic nitrogens is 2. The summed E-state index contributed by atoms with van der Waals surface area (Å²) in [6.07, 6.45) is 6.19. The van der Waals surface area contributed by atoms with Gasteiger partial charge in [0.2, 0.25) is 0 Å².